The lowest BCUT2D eigenvalue weighted by Crippen LogP contribution is -2.36. The zero-order valence-corrected chi connectivity index (χ0v) is 15.5. The Morgan fingerprint density at radius 1 is 1.08 bits per heavy atom. The van der Waals surface area contributed by atoms with Crippen LogP contribution in [0.15, 0.2) is 42.5 Å². The number of hydrogen-bond donors (Lipinski definition) is 1. The normalized spacial score (nSPS) is 11.8. The molecule has 0 bridgehead atoms. The molecule has 0 unspecified atom stereocenters. The lowest BCUT2D eigenvalue weighted by molar-refractivity contribution is -0.123. The minimum atomic E-state index is -0.210. The molecule has 2 rings (SSSR count). The Labute approximate surface area is 156 Å². The highest BCUT2D eigenvalue weighted by Crippen LogP contribution is 2.33. The van der Waals surface area contributed by atoms with E-state index in [9.17, 15) is 4.79 Å². The standard InChI is InChI=1S/C18H18Cl3NO2/c1-12(7-8-13-5-3-2-4-6-13)22-18(23)11-24-17-10-15(20)14(19)9-16(17)21/h2-6,9-10,12H,7-8,11H2,1H3,(H,22,23)/t12-/m0/s1. The summed E-state index contributed by atoms with van der Waals surface area (Å²) in [5, 5.41) is 3.88. The second-order valence-corrected chi connectivity index (χ2v) is 6.70. The van der Waals surface area contributed by atoms with Crippen LogP contribution in [-0.4, -0.2) is 18.6 Å². The molecule has 0 aliphatic carbocycles. The van der Waals surface area contributed by atoms with Crippen molar-refractivity contribution in [3.8, 4) is 5.75 Å². The van der Waals surface area contributed by atoms with Crippen LogP contribution >= 0.6 is 34.8 Å². The van der Waals surface area contributed by atoms with E-state index < -0.39 is 0 Å². The van der Waals surface area contributed by atoms with Gasteiger partial charge in [-0.25, -0.2) is 0 Å². The minimum absolute atomic E-state index is 0.0468. The third-order valence-electron chi connectivity index (χ3n) is 3.45. The number of nitrogens with one attached hydrogen (secondary N) is 1. The molecule has 0 spiro atoms. The molecule has 0 fully saturated rings. The monoisotopic (exact) mass is 385 g/mol. The summed E-state index contributed by atoms with van der Waals surface area (Å²) in [6.45, 7) is 1.83. The fourth-order valence-corrected chi connectivity index (χ4v) is 2.77. The zero-order chi connectivity index (χ0) is 17.5. The summed E-state index contributed by atoms with van der Waals surface area (Å²) < 4.78 is 5.41. The van der Waals surface area contributed by atoms with Crippen LogP contribution in [0.2, 0.25) is 15.1 Å². The van der Waals surface area contributed by atoms with Crippen LogP contribution in [0, 0.1) is 0 Å². The van der Waals surface area contributed by atoms with Crippen LogP contribution < -0.4 is 10.1 Å². The van der Waals surface area contributed by atoms with E-state index in [0.717, 1.165) is 12.8 Å². The van der Waals surface area contributed by atoms with Gasteiger partial charge in [0.05, 0.1) is 15.1 Å². The lowest BCUT2D eigenvalue weighted by Gasteiger charge is -2.15. The number of carbonyl (C=O) groups excluding carboxylic acids is 1. The molecule has 0 aromatic heterocycles. The van der Waals surface area contributed by atoms with Gasteiger partial charge in [0, 0.05) is 12.1 Å². The molecule has 0 saturated heterocycles. The third kappa shape index (κ3) is 5.90. The summed E-state index contributed by atoms with van der Waals surface area (Å²) in [4.78, 5) is 12.0. The molecular formula is C18H18Cl3NO2. The fourth-order valence-electron chi connectivity index (χ4n) is 2.17. The SMILES string of the molecule is C[C@@H](CCc1ccccc1)NC(=O)COc1cc(Cl)c(Cl)cc1Cl. The molecule has 1 atom stereocenters. The smallest absolute Gasteiger partial charge is 0.258 e. The van der Waals surface area contributed by atoms with Crippen LogP contribution in [0.1, 0.15) is 18.9 Å². The molecule has 0 aliphatic heterocycles. The molecule has 0 radical (unpaired) electrons. The van der Waals surface area contributed by atoms with E-state index in [1.807, 2.05) is 25.1 Å². The van der Waals surface area contributed by atoms with E-state index in [1.165, 1.54) is 17.7 Å². The number of aryl methyl sites for hydroxylation is 1. The van der Waals surface area contributed by atoms with Gasteiger partial charge in [-0.1, -0.05) is 65.1 Å². The van der Waals surface area contributed by atoms with Crippen molar-refractivity contribution >= 4 is 40.7 Å². The van der Waals surface area contributed by atoms with E-state index >= 15 is 0 Å². The Bertz CT molecular complexity index is 692. The van der Waals surface area contributed by atoms with Crippen molar-refractivity contribution in [3.05, 3.63) is 63.1 Å². The predicted octanol–water partition coefficient (Wildman–Crippen LogP) is 5.16. The summed E-state index contributed by atoms with van der Waals surface area (Å²) in [5.74, 6) is 0.121. The Kier molecular flexibility index (Phi) is 7.22. The molecule has 0 aliphatic rings. The van der Waals surface area contributed by atoms with Crippen LogP contribution in [0.3, 0.4) is 0 Å². The Balaban J connectivity index is 1.77. The van der Waals surface area contributed by atoms with Crippen molar-refractivity contribution < 1.29 is 9.53 Å². The van der Waals surface area contributed by atoms with Gasteiger partial charge in [0.15, 0.2) is 6.61 Å². The van der Waals surface area contributed by atoms with Crippen molar-refractivity contribution in [1.29, 1.82) is 0 Å². The second-order valence-electron chi connectivity index (χ2n) is 5.48. The summed E-state index contributed by atoms with van der Waals surface area (Å²) in [6, 6.07) is 13.2. The van der Waals surface area contributed by atoms with Crippen LogP contribution in [-0.2, 0) is 11.2 Å². The van der Waals surface area contributed by atoms with Crippen molar-refractivity contribution in [2.75, 3.05) is 6.61 Å². The topological polar surface area (TPSA) is 38.3 Å². The molecule has 0 heterocycles. The average molecular weight is 387 g/mol. The molecule has 2 aromatic rings. The number of hydrogen-bond acceptors (Lipinski definition) is 2. The van der Waals surface area contributed by atoms with Gasteiger partial charge in [-0.05, 0) is 31.4 Å². The maximum absolute atomic E-state index is 12.0. The van der Waals surface area contributed by atoms with Crippen molar-refractivity contribution in [2.24, 2.45) is 0 Å². The third-order valence-corrected chi connectivity index (χ3v) is 4.47. The fraction of sp³-hybridized carbons (Fsp3) is 0.278. The summed E-state index contributed by atoms with van der Waals surface area (Å²) in [6.07, 6.45) is 1.76. The molecule has 1 amide bonds. The number of ether oxygens (including phenoxy) is 1. The van der Waals surface area contributed by atoms with Crippen LogP contribution in [0.4, 0.5) is 0 Å². The number of rotatable bonds is 7. The van der Waals surface area contributed by atoms with Gasteiger partial charge in [-0.15, -0.1) is 0 Å². The van der Waals surface area contributed by atoms with Gasteiger partial charge in [-0.3, -0.25) is 4.79 Å². The van der Waals surface area contributed by atoms with Gasteiger partial charge in [0.25, 0.3) is 5.91 Å². The largest absolute Gasteiger partial charge is 0.482 e. The minimum Gasteiger partial charge on any atom is -0.482 e. The van der Waals surface area contributed by atoms with Gasteiger partial charge < -0.3 is 10.1 Å². The second kappa shape index (κ2) is 9.16. The molecule has 0 saturated carbocycles. The van der Waals surface area contributed by atoms with Crippen LogP contribution in [0.25, 0.3) is 0 Å². The molecule has 24 heavy (non-hydrogen) atoms. The maximum atomic E-state index is 12.0. The maximum Gasteiger partial charge on any atom is 0.258 e. The molecular weight excluding hydrogens is 369 g/mol. The molecule has 6 heteroatoms. The molecule has 3 nitrogen and oxygen atoms in total. The summed E-state index contributed by atoms with van der Waals surface area (Å²) in [7, 11) is 0. The summed E-state index contributed by atoms with van der Waals surface area (Å²) in [5.41, 5.74) is 1.25. The molecule has 1 N–H and O–H groups in total. The van der Waals surface area contributed by atoms with E-state index in [2.05, 4.69) is 17.4 Å². The van der Waals surface area contributed by atoms with Gasteiger partial charge >= 0.3 is 0 Å². The zero-order valence-electron chi connectivity index (χ0n) is 13.2. The highest BCUT2D eigenvalue weighted by molar-refractivity contribution is 6.43. The van der Waals surface area contributed by atoms with E-state index in [4.69, 9.17) is 39.5 Å². The first kappa shape index (κ1) is 18.9. The van der Waals surface area contributed by atoms with Crippen molar-refractivity contribution in [2.45, 2.75) is 25.8 Å². The van der Waals surface area contributed by atoms with Gasteiger partial charge in [0.2, 0.25) is 0 Å². The van der Waals surface area contributed by atoms with E-state index in [1.54, 1.807) is 0 Å². The lowest BCUT2D eigenvalue weighted by atomic mass is 10.1. The number of carbonyl (C=O) groups is 1. The number of amides is 1. The Morgan fingerprint density at radius 2 is 1.75 bits per heavy atom. The van der Waals surface area contributed by atoms with Crippen LogP contribution in [0.5, 0.6) is 5.75 Å². The number of benzene rings is 2. The van der Waals surface area contributed by atoms with Crippen molar-refractivity contribution in [3.63, 3.8) is 0 Å². The molecule has 2 aromatic carbocycles. The highest BCUT2D eigenvalue weighted by Gasteiger charge is 2.11. The quantitative estimate of drug-likeness (QED) is 0.667. The van der Waals surface area contributed by atoms with E-state index in [-0.39, 0.29) is 18.6 Å². The van der Waals surface area contributed by atoms with Crippen molar-refractivity contribution in [1.82, 2.24) is 5.32 Å². The summed E-state index contributed by atoms with van der Waals surface area (Å²) >= 11 is 17.8. The predicted molar refractivity (Wildman–Crippen MR) is 99.3 cm³/mol. The van der Waals surface area contributed by atoms with Gasteiger partial charge in [0.1, 0.15) is 5.75 Å². The number of halogens is 3. The van der Waals surface area contributed by atoms with Gasteiger partial charge in [-0.2, -0.15) is 0 Å². The van der Waals surface area contributed by atoms with E-state index in [0.29, 0.717) is 20.8 Å². The first-order valence-electron chi connectivity index (χ1n) is 7.56. The first-order chi connectivity index (χ1) is 11.5. The Morgan fingerprint density at radius 3 is 2.46 bits per heavy atom. The Hall–Kier alpha value is -1.42. The first-order valence-corrected chi connectivity index (χ1v) is 8.69. The average Bonchev–Trinajstić information content (AvgIpc) is 2.56. The highest BCUT2D eigenvalue weighted by atomic mass is 35.5. The molecule has 128 valence electrons.